The Bertz CT molecular complexity index is 466. The fourth-order valence-electron chi connectivity index (χ4n) is 1.71. The molecule has 0 saturated carbocycles. The van der Waals surface area contributed by atoms with Gasteiger partial charge in [-0.15, -0.1) is 0 Å². The zero-order valence-corrected chi connectivity index (χ0v) is 10.9. The lowest BCUT2D eigenvalue weighted by atomic mass is 10.2. The summed E-state index contributed by atoms with van der Waals surface area (Å²) in [5, 5.41) is 19.0. The topological polar surface area (TPSA) is 111 Å². The average Bonchev–Trinajstić information content (AvgIpc) is 2.57. The normalized spacial score (nSPS) is 32.9. The molecule has 1 aliphatic rings. The number of nitrogens with two attached hydrogens (primary N) is 1. The number of nitrogens with zero attached hydrogens (tertiary/aromatic N) is 2. The van der Waals surface area contributed by atoms with Crippen LogP contribution in [0.25, 0.3) is 0 Å². The van der Waals surface area contributed by atoms with Crippen LogP contribution in [0, 0.1) is 0 Å². The zero-order valence-electron chi connectivity index (χ0n) is 8.73. The molecule has 94 valence electrons. The molecule has 2 heterocycles. The number of hydrogen-bond donors (Lipinski definition) is 3. The highest BCUT2D eigenvalue weighted by atomic mass is 127. The maximum atomic E-state index is 11.6. The maximum absolute atomic E-state index is 11.6. The van der Waals surface area contributed by atoms with Crippen molar-refractivity contribution < 1.29 is 14.9 Å². The molecule has 4 atom stereocenters. The van der Waals surface area contributed by atoms with Crippen LogP contribution in [0.15, 0.2) is 17.1 Å². The molecule has 0 bridgehead atoms. The summed E-state index contributed by atoms with van der Waals surface area (Å²) in [7, 11) is 0. The second-order valence-corrected chi connectivity index (χ2v) is 5.16. The molecule has 1 aromatic rings. The van der Waals surface area contributed by atoms with Gasteiger partial charge in [0.2, 0.25) is 0 Å². The highest BCUT2D eigenvalue weighted by Gasteiger charge is 2.43. The molecule has 0 aromatic carbocycles. The summed E-state index contributed by atoms with van der Waals surface area (Å²) in [6.45, 7) is -0.210. The van der Waals surface area contributed by atoms with Crippen LogP contribution in [0.3, 0.4) is 0 Å². The first-order chi connectivity index (χ1) is 8.04. The Kier molecular flexibility index (Phi) is 3.66. The smallest absolute Gasteiger partial charge is 0.351 e. The van der Waals surface area contributed by atoms with Gasteiger partial charge >= 0.3 is 5.69 Å². The molecule has 7 nitrogen and oxygen atoms in total. The van der Waals surface area contributed by atoms with Crippen molar-refractivity contribution in [3.05, 3.63) is 22.7 Å². The van der Waals surface area contributed by atoms with Gasteiger partial charge in [-0.1, -0.05) is 22.6 Å². The molecule has 1 saturated heterocycles. The van der Waals surface area contributed by atoms with Gasteiger partial charge in [0.05, 0.1) is 16.6 Å². The third-order valence-electron chi connectivity index (χ3n) is 2.59. The lowest BCUT2D eigenvalue weighted by Crippen LogP contribution is -2.33. The van der Waals surface area contributed by atoms with E-state index in [4.69, 9.17) is 15.6 Å². The number of ether oxygens (including phenoxy) is 1. The predicted molar refractivity (Wildman–Crippen MR) is 67.7 cm³/mol. The Morgan fingerprint density at radius 3 is 2.88 bits per heavy atom. The number of rotatable bonds is 2. The molecule has 1 aliphatic heterocycles. The molecule has 0 spiro atoms. The van der Waals surface area contributed by atoms with Crippen LogP contribution in [0.5, 0.6) is 0 Å². The second-order valence-electron chi connectivity index (χ2n) is 3.72. The molecule has 0 radical (unpaired) electrons. The minimum atomic E-state index is -0.879. The van der Waals surface area contributed by atoms with E-state index in [1.807, 2.05) is 22.6 Å². The quantitative estimate of drug-likeness (QED) is 0.459. The lowest BCUT2D eigenvalue weighted by Gasteiger charge is -2.16. The van der Waals surface area contributed by atoms with Gasteiger partial charge in [0.15, 0.2) is 6.23 Å². The van der Waals surface area contributed by atoms with E-state index in [0.717, 1.165) is 0 Å². The largest absolute Gasteiger partial charge is 0.394 e. The van der Waals surface area contributed by atoms with Crippen molar-refractivity contribution in [3.8, 4) is 0 Å². The molecule has 2 rings (SSSR count). The Labute approximate surface area is 110 Å². The van der Waals surface area contributed by atoms with Crippen LogP contribution in [0.4, 0.5) is 5.82 Å². The van der Waals surface area contributed by atoms with Crippen LogP contribution in [-0.4, -0.2) is 42.5 Å². The van der Waals surface area contributed by atoms with E-state index in [9.17, 15) is 9.90 Å². The van der Waals surface area contributed by atoms with Crippen LogP contribution in [0.1, 0.15) is 6.23 Å². The second kappa shape index (κ2) is 4.88. The van der Waals surface area contributed by atoms with Gasteiger partial charge < -0.3 is 20.7 Å². The van der Waals surface area contributed by atoms with Crippen LogP contribution >= 0.6 is 22.6 Å². The summed E-state index contributed by atoms with van der Waals surface area (Å²) in [4.78, 5) is 15.1. The van der Waals surface area contributed by atoms with E-state index in [0.29, 0.717) is 0 Å². The Hall–Kier alpha value is -0.710. The fourth-order valence-corrected chi connectivity index (χ4v) is 2.46. The number of nitrogen functional groups attached to an aromatic ring is 1. The molecule has 0 aliphatic carbocycles. The first-order valence-corrected chi connectivity index (χ1v) is 6.22. The number of aliphatic hydroxyl groups excluding tert-OH is 2. The molecule has 17 heavy (non-hydrogen) atoms. The molecular formula is C9H12IN3O4. The number of halogens is 1. The summed E-state index contributed by atoms with van der Waals surface area (Å²) in [6.07, 6.45) is -0.799. The van der Waals surface area contributed by atoms with Crippen molar-refractivity contribution in [1.29, 1.82) is 0 Å². The molecule has 4 N–H and O–H groups in total. The van der Waals surface area contributed by atoms with Crippen molar-refractivity contribution >= 4 is 28.4 Å². The van der Waals surface area contributed by atoms with E-state index in [-0.39, 0.29) is 16.3 Å². The summed E-state index contributed by atoms with van der Waals surface area (Å²) >= 11 is 1.98. The summed E-state index contributed by atoms with van der Waals surface area (Å²) in [5.74, 6) is 0.114. The monoisotopic (exact) mass is 353 g/mol. The van der Waals surface area contributed by atoms with E-state index in [1.165, 1.54) is 16.8 Å². The van der Waals surface area contributed by atoms with Crippen molar-refractivity contribution in [2.45, 2.75) is 22.4 Å². The predicted octanol–water partition coefficient (Wildman–Crippen LogP) is -1.12. The average molecular weight is 353 g/mol. The fraction of sp³-hybridized carbons (Fsp3) is 0.556. The van der Waals surface area contributed by atoms with Crippen LogP contribution < -0.4 is 11.4 Å². The molecule has 8 heteroatoms. The molecule has 1 aromatic heterocycles. The maximum Gasteiger partial charge on any atom is 0.351 e. The first kappa shape index (κ1) is 12.7. The number of alkyl halides is 1. The SMILES string of the molecule is Nc1ccn([C@@H]2O[C@H](CO)[C@@H](I)[C@@H]2O)c(=O)n1. The zero-order chi connectivity index (χ0) is 12.6. The van der Waals surface area contributed by atoms with Gasteiger partial charge in [-0.05, 0) is 6.07 Å². The Morgan fingerprint density at radius 2 is 2.35 bits per heavy atom. The number of aliphatic hydroxyl groups is 2. The minimum Gasteiger partial charge on any atom is -0.394 e. The Morgan fingerprint density at radius 1 is 1.65 bits per heavy atom. The third kappa shape index (κ3) is 2.30. The first-order valence-electron chi connectivity index (χ1n) is 4.97. The van der Waals surface area contributed by atoms with Crippen molar-refractivity contribution in [1.82, 2.24) is 9.55 Å². The number of anilines is 1. The molecular weight excluding hydrogens is 341 g/mol. The van der Waals surface area contributed by atoms with Gasteiger partial charge in [-0.25, -0.2) is 4.79 Å². The summed E-state index contributed by atoms with van der Waals surface area (Å²) in [6, 6.07) is 1.45. The van der Waals surface area contributed by atoms with Crippen molar-refractivity contribution in [2.75, 3.05) is 12.3 Å². The molecule has 1 fully saturated rings. The van der Waals surface area contributed by atoms with Crippen LogP contribution in [-0.2, 0) is 4.74 Å². The van der Waals surface area contributed by atoms with Gasteiger partial charge in [0.25, 0.3) is 0 Å². The Balaban J connectivity index is 2.32. The van der Waals surface area contributed by atoms with E-state index in [1.54, 1.807) is 0 Å². The summed E-state index contributed by atoms with van der Waals surface area (Å²) in [5.41, 5.74) is 4.79. The van der Waals surface area contributed by atoms with E-state index < -0.39 is 24.1 Å². The third-order valence-corrected chi connectivity index (χ3v) is 4.13. The van der Waals surface area contributed by atoms with Gasteiger partial charge in [0, 0.05) is 6.20 Å². The van der Waals surface area contributed by atoms with Gasteiger partial charge in [-0.2, -0.15) is 4.98 Å². The number of aromatic nitrogens is 2. The molecule has 0 unspecified atom stereocenters. The minimum absolute atomic E-state index is 0.114. The highest BCUT2D eigenvalue weighted by molar-refractivity contribution is 14.1. The highest BCUT2D eigenvalue weighted by Crippen LogP contribution is 2.33. The van der Waals surface area contributed by atoms with Crippen LogP contribution in [0.2, 0.25) is 0 Å². The molecule has 0 amide bonds. The van der Waals surface area contributed by atoms with Gasteiger partial charge in [0.1, 0.15) is 11.9 Å². The van der Waals surface area contributed by atoms with E-state index >= 15 is 0 Å². The van der Waals surface area contributed by atoms with Crippen molar-refractivity contribution in [3.63, 3.8) is 0 Å². The van der Waals surface area contributed by atoms with Gasteiger partial charge in [-0.3, -0.25) is 4.57 Å². The lowest BCUT2D eigenvalue weighted by molar-refractivity contribution is -0.0528. The standard InChI is InChI=1S/C9H12IN3O4/c10-6-4(3-14)17-8(7(6)15)13-2-1-5(11)12-9(13)16/h1-2,4,6-8,14-15H,3H2,(H2,11,12,16)/t4-,6-,7+,8-/m1/s1. The van der Waals surface area contributed by atoms with E-state index in [2.05, 4.69) is 4.98 Å². The summed E-state index contributed by atoms with van der Waals surface area (Å²) < 4.78 is 6.30. The number of hydrogen-bond acceptors (Lipinski definition) is 6. The van der Waals surface area contributed by atoms with Crippen molar-refractivity contribution in [2.24, 2.45) is 0 Å².